The molecule has 0 spiro atoms. The Hall–Kier alpha value is -3.11. The van der Waals surface area contributed by atoms with E-state index in [0.717, 1.165) is 33.2 Å². The van der Waals surface area contributed by atoms with Gasteiger partial charge in [0.25, 0.3) is 10.0 Å². The lowest BCUT2D eigenvalue weighted by atomic mass is 9.98. The van der Waals surface area contributed by atoms with E-state index in [2.05, 4.69) is 12.1 Å². The van der Waals surface area contributed by atoms with Crippen LogP contribution < -0.4 is 4.31 Å². The molecule has 1 unspecified atom stereocenters. The summed E-state index contributed by atoms with van der Waals surface area (Å²) in [5, 5.41) is 2.25. The number of hydrogen-bond acceptors (Lipinski definition) is 2. The van der Waals surface area contributed by atoms with Gasteiger partial charge in [-0.25, -0.2) is 8.42 Å². The summed E-state index contributed by atoms with van der Waals surface area (Å²) in [6.07, 6.45) is 0.659. The van der Waals surface area contributed by atoms with Crippen LogP contribution in [0.15, 0.2) is 95.9 Å². The topological polar surface area (TPSA) is 37.4 Å². The first-order valence-corrected chi connectivity index (χ1v) is 11.2. The summed E-state index contributed by atoms with van der Waals surface area (Å²) in [7, 11) is -3.70. The van der Waals surface area contributed by atoms with Crippen molar-refractivity contribution in [1.29, 1.82) is 0 Å². The van der Waals surface area contributed by atoms with Gasteiger partial charge in [-0.2, -0.15) is 0 Å². The number of rotatable bonds is 3. The molecule has 1 aliphatic heterocycles. The third-order valence-corrected chi connectivity index (χ3v) is 7.53. The third-order valence-electron chi connectivity index (χ3n) is 5.70. The second-order valence-electron chi connectivity index (χ2n) is 7.53. The first-order valence-electron chi connectivity index (χ1n) is 9.72. The van der Waals surface area contributed by atoms with Crippen molar-refractivity contribution in [3.8, 4) is 0 Å². The second kappa shape index (κ2) is 6.75. The first-order chi connectivity index (χ1) is 14.1. The molecule has 0 bridgehead atoms. The average molecular weight is 400 g/mol. The zero-order valence-electron chi connectivity index (χ0n) is 16.1. The molecule has 0 radical (unpaired) electrons. The van der Waals surface area contributed by atoms with Crippen molar-refractivity contribution in [2.45, 2.75) is 24.3 Å². The maximum Gasteiger partial charge on any atom is 0.264 e. The molecule has 144 valence electrons. The van der Waals surface area contributed by atoms with Gasteiger partial charge in [-0.3, -0.25) is 4.31 Å². The van der Waals surface area contributed by atoms with Gasteiger partial charge in [0, 0.05) is 6.42 Å². The highest BCUT2D eigenvalue weighted by Gasteiger charge is 2.39. The van der Waals surface area contributed by atoms with Crippen LogP contribution in [0.5, 0.6) is 0 Å². The van der Waals surface area contributed by atoms with Crippen LogP contribution in [0.3, 0.4) is 0 Å². The summed E-state index contributed by atoms with van der Waals surface area (Å²) < 4.78 is 29.1. The fraction of sp³-hybridized carbons (Fsp3) is 0.120. The molecule has 0 fully saturated rings. The lowest BCUT2D eigenvalue weighted by molar-refractivity contribution is 0.582. The first kappa shape index (κ1) is 18.0. The van der Waals surface area contributed by atoms with Crippen LogP contribution in [-0.2, 0) is 16.4 Å². The van der Waals surface area contributed by atoms with Gasteiger partial charge in [-0.1, -0.05) is 78.4 Å². The van der Waals surface area contributed by atoms with E-state index in [1.54, 1.807) is 16.4 Å². The highest BCUT2D eigenvalue weighted by atomic mass is 32.2. The van der Waals surface area contributed by atoms with E-state index in [1.165, 1.54) is 0 Å². The largest absolute Gasteiger partial charge is 0.264 e. The van der Waals surface area contributed by atoms with Gasteiger partial charge in [-0.15, -0.1) is 0 Å². The fourth-order valence-corrected chi connectivity index (χ4v) is 5.91. The average Bonchev–Trinajstić information content (AvgIpc) is 3.16. The molecule has 4 aromatic rings. The number of hydrogen-bond donors (Lipinski definition) is 0. The summed E-state index contributed by atoms with van der Waals surface area (Å²) in [6.45, 7) is 1.96. The highest BCUT2D eigenvalue weighted by molar-refractivity contribution is 7.92. The van der Waals surface area contributed by atoms with Crippen LogP contribution in [-0.4, -0.2) is 8.42 Å². The minimum Gasteiger partial charge on any atom is -0.258 e. The Bertz CT molecular complexity index is 1300. The predicted octanol–water partition coefficient (Wildman–Crippen LogP) is 5.64. The molecule has 1 aliphatic rings. The van der Waals surface area contributed by atoms with Gasteiger partial charge < -0.3 is 0 Å². The van der Waals surface area contributed by atoms with Crippen LogP contribution in [0.25, 0.3) is 10.8 Å². The standard InChI is InChI=1S/C25H21NO2S/c1-18-11-14-21(15-12-18)29(27,28)26-24-16-13-19-7-5-6-10-22(19)23(24)17-25(26)20-8-3-2-4-9-20/h2-16,25H,17H2,1H3. The maximum atomic E-state index is 13.8. The van der Waals surface area contributed by atoms with Gasteiger partial charge in [0.15, 0.2) is 0 Å². The van der Waals surface area contributed by atoms with E-state index in [-0.39, 0.29) is 6.04 Å². The second-order valence-corrected chi connectivity index (χ2v) is 9.34. The molecule has 4 heteroatoms. The summed E-state index contributed by atoms with van der Waals surface area (Å²) in [5.74, 6) is 0. The zero-order valence-corrected chi connectivity index (χ0v) is 16.9. The summed E-state index contributed by atoms with van der Waals surface area (Å²) in [5.41, 5.74) is 3.91. The molecule has 1 atom stereocenters. The molecule has 1 heterocycles. The number of anilines is 1. The molecule has 4 aromatic carbocycles. The van der Waals surface area contributed by atoms with Crippen molar-refractivity contribution in [2.75, 3.05) is 4.31 Å². The molecular formula is C25H21NO2S. The van der Waals surface area contributed by atoms with Crippen molar-refractivity contribution < 1.29 is 8.42 Å². The minimum absolute atomic E-state index is 0.261. The maximum absolute atomic E-state index is 13.8. The molecule has 0 saturated carbocycles. The van der Waals surface area contributed by atoms with Crippen LogP contribution in [0, 0.1) is 6.92 Å². The summed E-state index contributed by atoms with van der Waals surface area (Å²) in [4.78, 5) is 0.324. The lowest BCUT2D eigenvalue weighted by Crippen LogP contribution is -2.32. The van der Waals surface area contributed by atoms with Crippen LogP contribution in [0.4, 0.5) is 5.69 Å². The summed E-state index contributed by atoms with van der Waals surface area (Å²) in [6, 6.07) is 28.9. The molecule has 0 saturated heterocycles. The minimum atomic E-state index is -3.70. The van der Waals surface area contributed by atoms with Crippen molar-refractivity contribution in [3.05, 3.63) is 108 Å². The van der Waals surface area contributed by atoms with Crippen molar-refractivity contribution in [1.82, 2.24) is 0 Å². The third kappa shape index (κ3) is 2.91. The molecule has 0 aliphatic carbocycles. The van der Waals surface area contributed by atoms with E-state index in [0.29, 0.717) is 11.3 Å². The van der Waals surface area contributed by atoms with Crippen LogP contribution in [0.1, 0.15) is 22.7 Å². The van der Waals surface area contributed by atoms with E-state index in [4.69, 9.17) is 0 Å². The molecular weight excluding hydrogens is 378 g/mol. The number of sulfonamides is 1. The molecule has 5 rings (SSSR count). The quantitative estimate of drug-likeness (QED) is 0.447. The van der Waals surface area contributed by atoms with Crippen LogP contribution >= 0.6 is 0 Å². The number of benzene rings is 4. The number of aryl methyl sites for hydroxylation is 1. The Kier molecular flexibility index (Phi) is 4.18. The number of fused-ring (bicyclic) bond motifs is 3. The highest BCUT2D eigenvalue weighted by Crippen LogP contribution is 2.46. The van der Waals surface area contributed by atoms with Crippen molar-refractivity contribution in [2.24, 2.45) is 0 Å². The Labute approximate surface area is 171 Å². The Morgan fingerprint density at radius 3 is 2.24 bits per heavy atom. The Morgan fingerprint density at radius 1 is 0.793 bits per heavy atom. The monoisotopic (exact) mass is 399 g/mol. The molecule has 0 N–H and O–H groups in total. The van der Waals surface area contributed by atoms with Gasteiger partial charge >= 0.3 is 0 Å². The summed E-state index contributed by atoms with van der Waals surface area (Å²) >= 11 is 0. The SMILES string of the molecule is Cc1ccc(S(=O)(=O)N2c3ccc4ccccc4c3CC2c2ccccc2)cc1. The van der Waals surface area contributed by atoms with Crippen molar-refractivity contribution >= 4 is 26.5 Å². The van der Waals surface area contributed by atoms with E-state index >= 15 is 0 Å². The van der Waals surface area contributed by atoms with Crippen LogP contribution in [0.2, 0.25) is 0 Å². The van der Waals surface area contributed by atoms with E-state index in [9.17, 15) is 8.42 Å². The molecule has 29 heavy (non-hydrogen) atoms. The zero-order chi connectivity index (χ0) is 20.0. The lowest BCUT2D eigenvalue weighted by Gasteiger charge is -2.27. The Balaban J connectivity index is 1.74. The smallest absolute Gasteiger partial charge is 0.258 e. The van der Waals surface area contributed by atoms with E-state index in [1.807, 2.05) is 73.7 Å². The van der Waals surface area contributed by atoms with Gasteiger partial charge in [0.2, 0.25) is 0 Å². The molecule has 3 nitrogen and oxygen atoms in total. The molecule has 0 aromatic heterocycles. The van der Waals surface area contributed by atoms with Gasteiger partial charge in [-0.05, 0) is 47.0 Å². The van der Waals surface area contributed by atoms with E-state index < -0.39 is 10.0 Å². The Morgan fingerprint density at radius 2 is 1.48 bits per heavy atom. The normalized spacial score (nSPS) is 16.2. The van der Waals surface area contributed by atoms with Crippen molar-refractivity contribution in [3.63, 3.8) is 0 Å². The van der Waals surface area contributed by atoms with Gasteiger partial charge in [0.05, 0.1) is 16.6 Å². The fourth-order valence-electron chi connectivity index (χ4n) is 4.24. The predicted molar refractivity (Wildman–Crippen MR) is 118 cm³/mol. The number of nitrogens with zero attached hydrogens (tertiary/aromatic N) is 1. The van der Waals surface area contributed by atoms with Gasteiger partial charge in [0.1, 0.15) is 0 Å². The molecule has 0 amide bonds.